The van der Waals surface area contributed by atoms with Crippen LogP contribution in [0.25, 0.3) is 22.1 Å². The quantitative estimate of drug-likeness (QED) is 0.192. The second-order valence-corrected chi connectivity index (χ2v) is 20.6. The average Bonchev–Trinajstić information content (AvgIpc) is 3.67. The third kappa shape index (κ3) is 9.16. The van der Waals surface area contributed by atoms with Crippen LogP contribution in [0, 0.1) is 11.8 Å². The number of benzene rings is 2. The van der Waals surface area contributed by atoms with Crippen molar-refractivity contribution in [1.82, 2.24) is 23.8 Å². The molecule has 3 fully saturated rings. The van der Waals surface area contributed by atoms with Gasteiger partial charge in [-0.25, -0.2) is 31.5 Å². The Bertz CT molecular complexity index is 2080. The number of fused-ring (bicyclic) bond motifs is 2. The second kappa shape index (κ2) is 14.7. The zero-order valence-electron chi connectivity index (χ0n) is 30.6. The predicted molar refractivity (Wildman–Crippen MR) is 200 cm³/mol. The molecule has 51 heavy (non-hydrogen) atoms. The van der Waals surface area contributed by atoms with Crippen molar-refractivity contribution in [1.29, 1.82) is 0 Å². The van der Waals surface area contributed by atoms with Gasteiger partial charge in [0.1, 0.15) is 11.6 Å². The normalized spacial score (nSPS) is 18.6. The Labute approximate surface area is 306 Å². The zero-order valence-corrected chi connectivity index (χ0v) is 33.0. The lowest BCUT2D eigenvalue weighted by Crippen LogP contribution is -2.25. The standard InChI is InChI=1S/C20H29N3O3S.C17H23ClN2O3S/c1-20(2,3)19-21-17-12-16(27(24,25)22-15-4-5-15)6-7-18(17)23(19)13-14-8-10-26-11-9-14;1-17(2,3)16-19-14-10-13(24(18,21)22)4-5-15(14)20(16)11-12-6-8-23-9-7-12/h6-7,12,14-15,22H,4-5,8-11,13H2,1-3H3;4-5,10,12H,6-9,11H2,1-3H3. The van der Waals surface area contributed by atoms with E-state index < -0.39 is 19.1 Å². The number of sulfonamides is 1. The molecule has 1 N–H and O–H groups in total. The maximum atomic E-state index is 12.6. The molecule has 4 aromatic rings. The Hall–Kier alpha value is -2.55. The van der Waals surface area contributed by atoms with Crippen LogP contribution in [0.5, 0.6) is 0 Å². The van der Waals surface area contributed by atoms with E-state index in [0.29, 0.717) is 22.2 Å². The summed E-state index contributed by atoms with van der Waals surface area (Å²) in [5.41, 5.74) is 3.14. The van der Waals surface area contributed by atoms with Gasteiger partial charge in [-0.15, -0.1) is 0 Å². The van der Waals surface area contributed by atoms with Crippen LogP contribution < -0.4 is 4.72 Å². The summed E-state index contributed by atoms with van der Waals surface area (Å²) < 4.78 is 66.6. The minimum Gasteiger partial charge on any atom is -0.381 e. The van der Waals surface area contributed by atoms with Gasteiger partial charge in [-0.1, -0.05) is 41.5 Å². The van der Waals surface area contributed by atoms with E-state index >= 15 is 0 Å². The molecule has 2 aliphatic heterocycles. The van der Waals surface area contributed by atoms with Gasteiger partial charge in [-0.3, -0.25) is 0 Å². The predicted octanol–water partition coefficient (Wildman–Crippen LogP) is 6.89. The Kier molecular flexibility index (Phi) is 11.0. The first kappa shape index (κ1) is 38.2. The van der Waals surface area contributed by atoms with Gasteiger partial charge in [-0.05, 0) is 86.8 Å². The van der Waals surface area contributed by atoms with Crippen molar-refractivity contribution in [3.8, 4) is 0 Å². The van der Waals surface area contributed by atoms with Crippen LogP contribution in [-0.4, -0.2) is 68.4 Å². The number of aromatic nitrogens is 4. The molecular weight excluding hydrogens is 710 g/mol. The summed E-state index contributed by atoms with van der Waals surface area (Å²) in [6, 6.07) is 10.4. The van der Waals surface area contributed by atoms with Crippen molar-refractivity contribution in [2.75, 3.05) is 26.4 Å². The second-order valence-electron chi connectivity index (χ2n) is 16.3. The lowest BCUT2D eigenvalue weighted by molar-refractivity contribution is 0.0610. The average molecular weight is 762 g/mol. The van der Waals surface area contributed by atoms with E-state index in [0.717, 1.165) is 106 Å². The highest BCUT2D eigenvalue weighted by Crippen LogP contribution is 2.33. The van der Waals surface area contributed by atoms with E-state index in [1.54, 1.807) is 24.3 Å². The van der Waals surface area contributed by atoms with Crippen molar-refractivity contribution in [3.05, 3.63) is 48.0 Å². The van der Waals surface area contributed by atoms with Crippen LogP contribution in [0.2, 0.25) is 0 Å². The van der Waals surface area contributed by atoms with Gasteiger partial charge < -0.3 is 18.6 Å². The van der Waals surface area contributed by atoms with Crippen LogP contribution in [-0.2, 0) is 52.5 Å². The molecule has 0 bridgehead atoms. The van der Waals surface area contributed by atoms with Crippen molar-refractivity contribution in [2.24, 2.45) is 11.8 Å². The van der Waals surface area contributed by atoms with Gasteiger partial charge in [0.15, 0.2) is 0 Å². The van der Waals surface area contributed by atoms with E-state index in [9.17, 15) is 16.8 Å². The summed E-state index contributed by atoms with van der Waals surface area (Å²) in [5.74, 6) is 3.09. The van der Waals surface area contributed by atoms with Crippen molar-refractivity contribution in [3.63, 3.8) is 0 Å². The third-order valence-corrected chi connectivity index (χ3v) is 12.7. The van der Waals surface area contributed by atoms with Crippen molar-refractivity contribution >= 4 is 51.8 Å². The molecule has 4 heterocycles. The lowest BCUT2D eigenvalue weighted by atomic mass is 9.94. The molecule has 14 heteroatoms. The summed E-state index contributed by atoms with van der Waals surface area (Å²) in [5, 5.41) is 0. The van der Waals surface area contributed by atoms with Crippen LogP contribution in [0.15, 0.2) is 46.2 Å². The highest BCUT2D eigenvalue weighted by molar-refractivity contribution is 8.13. The first-order valence-corrected chi connectivity index (χ1v) is 21.8. The Balaban J connectivity index is 0.000000177. The van der Waals surface area contributed by atoms with E-state index in [1.807, 2.05) is 12.1 Å². The molecular formula is C37H52ClN5O6S2. The Morgan fingerprint density at radius 3 is 1.49 bits per heavy atom. The number of halogens is 1. The van der Waals surface area contributed by atoms with E-state index in [-0.39, 0.29) is 21.8 Å². The molecule has 1 saturated carbocycles. The van der Waals surface area contributed by atoms with Crippen molar-refractivity contribution in [2.45, 2.75) is 120 Å². The monoisotopic (exact) mass is 761 g/mol. The van der Waals surface area contributed by atoms with Gasteiger partial charge in [0.2, 0.25) is 10.0 Å². The first-order valence-electron chi connectivity index (χ1n) is 18.0. The zero-order chi connectivity index (χ0) is 36.8. The van der Waals surface area contributed by atoms with Crippen LogP contribution in [0.1, 0.15) is 91.7 Å². The summed E-state index contributed by atoms with van der Waals surface area (Å²) in [6.45, 7) is 17.8. The molecule has 11 nitrogen and oxygen atoms in total. The van der Waals surface area contributed by atoms with E-state index in [1.165, 1.54) is 0 Å². The summed E-state index contributed by atoms with van der Waals surface area (Å²) in [7, 11) is -1.75. The maximum Gasteiger partial charge on any atom is 0.261 e. The minimum absolute atomic E-state index is 0.0906. The minimum atomic E-state index is -3.75. The third-order valence-electron chi connectivity index (χ3n) is 9.84. The SMILES string of the molecule is CC(C)(C)c1nc2cc(S(=O)(=O)Cl)ccc2n1CC1CCOCC1.CC(C)(C)c1nc2cc(S(=O)(=O)NC3CC3)ccc2n1CC1CCOCC1. The molecule has 280 valence electrons. The summed E-state index contributed by atoms with van der Waals surface area (Å²) >= 11 is 0. The molecule has 0 spiro atoms. The topological polar surface area (TPSA) is 134 Å². The molecule has 0 atom stereocenters. The van der Waals surface area contributed by atoms with Gasteiger partial charge in [0.25, 0.3) is 9.05 Å². The number of ether oxygens (including phenoxy) is 2. The summed E-state index contributed by atoms with van der Waals surface area (Å²) in [4.78, 5) is 9.98. The van der Waals surface area contributed by atoms with Gasteiger partial charge in [0, 0.05) is 67.1 Å². The number of hydrogen-bond donors (Lipinski definition) is 1. The Morgan fingerprint density at radius 2 is 1.10 bits per heavy atom. The Morgan fingerprint density at radius 1 is 0.686 bits per heavy atom. The molecule has 2 aromatic carbocycles. The number of hydrogen-bond acceptors (Lipinski definition) is 8. The number of nitrogens with one attached hydrogen (secondary N) is 1. The molecule has 0 amide bonds. The van der Waals surface area contributed by atoms with Gasteiger partial charge >= 0.3 is 0 Å². The lowest BCUT2D eigenvalue weighted by Gasteiger charge is -2.26. The maximum absolute atomic E-state index is 12.6. The molecule has 3 aliphatic rings. The highest BCUT2D eigenvalue weighted by atomic mass is 35.7. The van der Waals surface area contributed by atoms with Crippen LogP contribution in [0.4, 0.5) is 0 Å². The number of nitrogens with zero attached hydrogens (tertiary/aromatic N) is 4. The van der Waals surface area contributed by atoms with Crippen LogP contribution >= 0.6 is 10.7 Å². The van der Waals surface area contributed by atoms with Gasteiger partial charge in [0.05, 0.1) is 31.9 Å². The summed E-state index contributed by atoms with van der Waals surface area (Å²) in [6.07, 6.45) is 6.04. The largest absolute Gasteiger partial charge is 0.381 e. The smallest absolute Gasteiger partial charge is 0.261 e. The molecule has 0 unspecified atom stereocenters. The van der Waals surface area contributed by atoms with E-state index in [4.69, 9.17) is 30.1 Å². The molecule has 7 rings (SSSR count). The molecule has 1 aliphatic carbocycles. The van der Waals surface area contributed by atoms with E-state index in [2.05, 4.69) is 55.4 Å². The molecule has 2 saturated heterocycles. The van der Waals surface area contributed by atoms with Crippen molar-refractivity contribution < 1.29 is 26.3 Å². The first-order chi connectivity index (χ1) is 23.9. The highest BCUT2D eigenvalue weighted by Gasteiger charge is 2.30. The fourth-order valence-electron chi connectivity index (χ4n) is 6.92. The fraction of sp³-hybridized carbons (Fsp3) is 0.622. The molecule has 0 radical (unpaired) electrons. The molecule has 2 aromatic heterocycles. The number of imidazole rings is 2. The van der Waals surface area contributed by atoms with Gasteiger partial charge in [-0.2, -0.15) is 0 Å². The number of rotatable bonds is 8. The fourth-order valence-corrected chi connectivity index (χ4v) is 9.01. The van der Waals surface area contributed by atoms with Crippen LogP contribution in [0.3, 0.4) is 0 Å².